The predicted molar refractivity (Wildman–Crippen MR) is 83.6 cm³/mol. The number of H-pyrrole nitrogens is 1. The predicted octanol–water partition coefficient (Wildman–Crippen LogP) is 2.30. The second-order valence-electron chi connectivity index (χ2n) is 6.55. The Morgan fingerprint density at radius 1 is 1.05 bits per heavy atom. The third-order valence-corrected chi connectivity index (χ3v) is 4.48. The summed E-state index contributed by atoms with van der Waals surface area (Å²) in [7, 11) is -0.368. The van der Waals surface area contributed by atoms with Crippen molar-refractivity contribution in [1.29, 1.82) is 0 Å². The molecule has 0 saturated carbocycles. The molecule has 0 bridgehead atoms. The molecular formula is C16H21BN2O2. The standard InChI is InChI=1S/C16H21BN2O2/c1-15(2)16(3,4)21-17(20-15)13-11-18-19-14(13)10-12-8-6-5-7-9-12/h5-9,11H,10H2,1-4H3,(H,18,19). The van der Waals surface area contributed by atoms with Crippen LogP contribution in [0.3, 0.4) is 0 Å². The largest absolute Gasteiger partial charge is 0.498 e. The lowest BCUT2D eigenvalue weighted by Crippen LogP contribution is -2.41. The molecule has 110 valence electrons. The van der Waals surface area contributed by atoms with E-state index in [1.165, 1.54) is 5.56 Å². The van der Waals surface area contributed by atoms with Gasteiger partial charge >= 0.3 is 7.12 Å². The van der Waals surface area contributed by atoms with Crippen LogP contribution in [0, 0.1) is 0 Å². The Hall–Kier alpha value is -1.59. The first-order chi connectivity index (χ1) is 9.89. The van der Waals surface area contributed by atoms with Gasteiger partial charge in [-0.05, 0) is 33.3 Å². The highest BCUT2D eigenvalue weighted by Crippen LogP contribution is 2.36. The van der Waals surface area contributed by atoms with Crippen molar-refractivity contribution in [3.05, 3.63) is 47.8 Å². The Labute approximate surface area is 126 Å². The van der Waals surface area contributed by atoms with Gasteiger partial charge < -0.3 is 9.31 Å². The van der Waals surface area contributed by atoms with Crippen molar-refractivity contribution >= 4 is 12.6 Å². The lowest BCUT2D eigenvalue weighted by molar-refractivity contribution is 0.00578. The van der Waals surface area contributed by atoms with Gasteiger partial charge in [-0.2, -0.15) is 5.10 Å². The molecule has 2 heterocycles. The quantitative estimate of drug-likeness (QED) is 0.880. The number of rotatable bonds is 3. The van der Waals surface area contributed by atoms with Crippen LogP contribution in [0.5, 0.6) is 0 Å². The van der Waals surface area contributed by atoms with Gasteiger partial charge in [0.25, 0.3) is 0 Å². The van der Waals surface area contributed by atoms with Gasteiger partial charge in [-0.25, -0.2) is 0 Å². The van der Waals surface area contributed by atoms with Gasteiger partial charge in [0.2, 0.25) is 0 Å². The highest BCUT2D eigenvalue weighted by Gasteiger charge is 2.52. The third-order valence-electron chi connectivity index (χ3n) is 4.48. The Bertz CT molecular complexity index is 606. The molecule has 3 rings (SSSR count). The topological polar surface area (TPSA) is 47.1 Å². The fourth-order valence-electron chi connectivity index (χ4n) is 2.44. The number of benzene rings is 1. The lowest BCUT2D eigenvalue weighted by atomic mass is 9.78. The summed E-state index contributed by atoms with van der Waals surface area (Å²) in [5, 5.41) is 7.25. The summed E-state index contributed by atoms with van der Waals surface area (Å²) in [4.78, 5) is 0. The summed E-state index contributed by atoms with van der Waals surface area (Å²) in [5.41, 5.74) is 2.59. The first kappa shape index (κ1) is 14.4. The summed E-state index contributed by atoms with van der Waals surface area (Å²) in [6.45, 7) is 8.24. The van der Waals surface area contributed by atoms with E-state index in [0.717, 1.165) is 17.6 Å². The van der Waals surface area contributed by atoms with Crippen LogP contribution < -0.4 is 5.46 Å². The number of hydrogen-bond acceptors (Lipinski definition) is 3. The van der Waals surface area contributed by atoms with E-state index in [2.05, 4.69) is 50.0 Å². The van der Waals surface area contributed by atoms with Gasteiger partial charge in [0, 0.05) is 23.8 Å². The molecule has 1 aliphatic rings. The number of aromatic amines is 1. The molecule has 1 saturated heterocycles. The molecule has 1 aromatic heterocycles. The van der Waals surface area contributed by atoms with Crippen molar-refractivity contribution in [1.82, 2.24) is 10.2 Å². The molecule has 21 heavy (non-hydrogen) atoms. The maximum absolute atomic E-state index is 6.10. The minimum atomic E-state index is -0.368. The number of aromatic nitrogens is 2. The molecule has 1 aliphatic heterocycles. The van der Waals surface area contributed by atoms with Crippen molar-refractivity contribution in [2.75, 3.05) is 0 Å². The summed E-state index contributed by atoms with van der Waals surface area (Å²) < 4.78 is 12.2. The smallest absolute Gasteiger partial charge is 0.399 e. The Balaban J connectivity index is 1.84. The van der Waals surface area contributed by atoms with Gasteiger partial charge in [0.05, 0.1) is 11.2 Å². The van der Waals surface area contributed by atoms with Gasteiger partial charge in [0.15, 0.2) is 0 Å². The van der Waals surface area contributed by atoms with Crippen molar-refractivity contribution in [3.63, 3.8) is 0 Å². The average Bonchev–Trinajstić information content (AvgIpc) is 2.94. The third kappa shape index (κ3) is 2.63. The van der Waals surface area contributed by atoms with Crippen molar-refractivity contribution in [2.24, 2.45) is 0 Å². The zero-order chi connectivity index (χ0) is 15.1. The second kappa shape index (κ2) is 5.00. The van der Waals surface area contributed by atoms with Crippen LogP contribution in [0.4, 0.5) is 0 Å². The van der Waals surface area contributed by atoms with Crippen LogP contribution in [0.2, 0.25) is 0 Å². The molecule has 2 aromatic rings. The van der Waals surface area contributed by atoms with Crippen LogP contribution in [-0.2, 0) is 15.7 Å². The van der Waals surface area contributed by atoms with E-state index in [0.29, 0.717) is 0 Å². The Morgan fingerprint density at radius 2 is 1.67 bits per heavy atom. The number of nitrogens with zero attached hydrogens (tertiary/aromatic N) is 1. The lowest BCUT2D eigenvalue weighted by Gasteiger charge is -2.32. The molecule has 5 heteroatoms. The van der Waals surface area contributed by atoms with Crippen LogP contribution >= 0.6 is 0 Å². The molecule has 0 aliphatic carbocycles. The van der Waals surface area contributed by atoms with Crippen molar-refractivity contribution in [2.45, 2.75) is 45.3 Å². The van der Waals surface area contributed by atoms with E-state index in [4.69, 9.17) is 9.31 Å². The molecular weight excluding hydrogens is 263 g/mol. The normalized spacial score (nSPS) is 19.9. The monoisotopic (exact) mass is 284 g/mol. The molecule has 1 aromatic carbocycles. The highest BCUT2D eigenvalue weighted by atomic mass is 16.7. The fraction of sp³-hybridized carbons (Fsp3) is 0.438. The van der Waals surface area contributed by atoms with Gasteiger partial charge in [-0.1, -0.05) is 30.3 Å². The van der Waals surface area contributed by atoms with Crippen LogP contribution in [0.1, 0.15) is 39.0 Å². The second-order valence-corrected chi connectivity index (χ2v) is 6.55. The Morgan fingerprint density at radius 3 is 2.29 bits per heavy atom. The molecule has 0 radical (unpaired) electrons. The maximum atomic E-state index is 6.10. The van der Waals surface area contributed by atoms with Gasteiger partial charge in [-0.15, -0.1) is 0 Å². The molecule has 0 atom stereocenters. The van der Waals surface area contributed by atoms with E-state index in [1.807, 2.05) is 18.2 Å². The van der Waals surface area contributed by atoms with Gasteiger partial charge in [-0.3, -0.25) is 5.10 Å². The van der Waals surface area contributed by atoms with E-state index in [9.17, 15) is 0 Å². The summed E-state index contributed by atoms with van der Waals surface area (Å²) in [5.74, 6) is 0. The van der Waals surface area contributed by atoms with Crippen LogP contribution in [0.25, 0.3) is 0 Å². The van der Waals surface area contributed by atoms with E-state index < -0.39 is 0 Å². The molecule has 1 fully saturated rings. The SMILES string of the molecule is CC1(C)OB(c2cn[nH]c2Cc2ccccc2)OC1(C)C. The molecule has 0 spiro atoms. The minimum absolute atomic E-state index is 0.334. The summed E-state index contributed by atoms with van der Waals surface area (Å²) >= 11 is 0. The molecule has 0 amide bonds. The van der Waals surface area contributed by atoms with Crippen molar-refractivity contribution in [3.8, 4) is 0 Å². The number of hydrogen-bond donors (Lipinski definition) is 1. The highest BCUT2D eigenvalue weighted by molar-refractivity contribution is 6.62. The molecule has 0 unspecified atom stereocenters. The summed E-state index contributed by atoms with van der Waals surface area (Å²) in [6.07, 6.45) is 2.60. The zero-order valence-corrected chi connectivity index (χ0v) is 13.0. The van der Waals surface area contributed by atoms with Gasteiger partial charge in [0.1, 0.15) is 0 Å². The first-order valence-corrected chi connectivity index (χ1v) is 7.31. The maximum Gasteiger partial charge on any atom is 0.498 e. The molecule has 1 N–H and O–H groups in total. The number of nitrogens with one attached hydrogen (secondary N) is 1. The zero-order valence-electron chi connectivity index (χ0n) is 13.0. The van der Waals surface area contributed by atoms with Crippen LogP contribution in [0.15, 0.2) is 36.5 Å². The van der Waals surface area contributed by atoms with Crippen LogP contribution in [-0.4, -0.2) is 28.5 Å². The van der Waals surface area contributed by atoms with E-state index in [-0.39, 0.29) is 18.3 Å². The van der Waals surface area contributed by atoms with Crippen molar-refractivity contribution < 1.29 is 9.31 Å². The molecule has 4 nitrogen and oxygen atoms in total. The average molecular weight is 284 g/mol. The Kier molecular flexibility index (Phi) is 3.42. The van der Waals surface area contributed by atoms with E-state index >= 15 is 0 Å². The minimum Gasteiger partial charge on any atom is -0.399 e. The first-order valence-electron chi connectivity index (χ1n) is 7.31. The fourth-order valence-corrected chi connectivity index (χ4v) is 2.44. The van der Waals surface area contributed by atoms with E-state index in [1.54, 1.807) is 6.20 Å². The summed E-state index contributed by atoms with van der Waals surface area (Å²) in [6, 6.07) is 10.3.